The topological polar surface area (TPSA) is 49.4 Å². The van der Waals surface area contributed by atoms with Crippen molar-refractivity contribution in [3.63, 3.8) is 0 Å². The summed E-state index contributed by atoms with van der Waals surface area (Å²) in [7, 11) is 0.554. The van der Waals surface area contributed by atoms with Crippen molar-refractivity contribution < 1.29 is 22.2 Å². The maximum Gasteiger partial charge on any atom is 0.393 e. The van der Waals surface area contributed by atoms with Crippen molar-refractivity contribution in [3.05, 3.63) is 29.8 Å². The van der Waals surface area contributed by atoms with E-state index >= 15 is 0 Å². The standard InChI is InChI=1S/C14H19F3N2O2S/c1-10(9-22(3)21)19(2)13(20)18-12-6-4-11(5-7-12)8-14(15,16)17/h4-7,10H,8-9H2,1-3H3,(H,18,20)/t10-,22-/m0/s1. The second kappa shape index (κ2) is 7.62. The van der Waals surface area contributed by atoms with Gasteiger partial charge >= 0.3 is 12.2 Å². The van der Waals surface area contributed by atoms with Crippen molar-refractivity contribution in [3.8, 4) is 0 Å². The van der Waals surface area contributed by atoms with E-state index in [0.717, 1.165) is 0 Å². The number of carbonyl (C=O) groups is 1. The molecule has 124 valence electrons. The summed E-state index contributed by atoms with van der Waals surface area (Å²) in [5.41, 5.74) is 0.543. The molecule has 0 saturated heterocycles. The zero-order valence-electron chi connectivity index (χ0n) is 12.6. The van der Waals surface area contributed by atoms with Crippen LogP contribution < -0.4 is 5.32 Å². The molecule has 1 N–H and O–H groups in total. The third-order valence-corrected chi connectivity index (χ3v) is 4.02. The Labute approximate surface area is 130 Å². The Bertz CT molecular complexity index is 532. The molecule has 0 fully saturated rings. The number of nitrogens with zero attached hydrogens (tertiary/aromatic N) is 1. The van der Waals surface area contributed by atoms with Gasteiger partial charge in [0.25, 0.3) is 0 Å². The lowest BCUT2D eigenvalue weighted by Gasteiger charge is -2.24. The molecule has 2 atom stereocenters. The Morgan fingerprint density at radius 2 is 1.86 bits per heavy atom. The number of hydrogen-bond acceptors (Lipinski definition) is 2. The molecule has 4 nitrogen and oxygen atoms in total. The van der Waals surface area contributed by atoms with Crippen LogP contribution in [0.15, 0.2) is 24.3 Å². The maximum absolute atomic E-state index is 12.2. The molecule has 1 aromatic carbocycles. The van der Waals surface area contributed by atoms with E-state index in [1.807, 2.05) is 0 Å². The molecule has 22 heavy (non-hydrogen) atoms. The summed E-state index contributed by atoms with van der Waals surface area (Å²) >= 11 is 0. The van der Waals surface area contributed by atoms with Crippen molar-refractivity contribution in [2.24, 2.45) is 0 Å². The molecule has 0 aliphatic carbocycles. The number of urea groups is 1. The highest BCUT2D eigenvalue weighted by atomic mass is 32.2. The second-order valence-electron chi connectivity index (χ2n) is 5.12. The van der Waals surface area contributed by atoms with E-state index in [-0.39, 0.29) is 11.6 Å². The number of hydrogen-bond donors (Lipinski definition) is 1. The van der Waals surface area contributed by atoms with E-state index in [4.69, 9.17) is 0 Å². The zero-order valence-corrected chi connectivity index (χ0v) is 13.4. The Balaban J connectivity index is 2.63. The van der Waals surface area contributed by atoms with Crippen molar-refractivity contribution in [2.45, 2.75) is 25.6 Å². The fraction of sp³-hybridized carbons (Fsp3) is 0.500. The zero-order chi connectivity index (χ0) is 16.9. The molecule has 0 heterocycles. The van der Waals surface area contributed by atoms with Crippen LogP contribution in [0.25, 0.3) is 0 Å². The van der Waals surface area contributed by atoms with E-state index in [1.165, 1.54) is 29.2 Å². The number of alkyl halides is 3. The first-order valence-electron chi connectivity index (χ1n) is 6.58. The Kier molecular flexibility index (Phi) is 6.40. The first kappa shape index (κ1) is 18.5. The molecule has 0 aliphatic heterocycles. The molecular formula is C14H19F3N2O2S. The van der Waals surface area contributed by atoms with Crippen molar-refractivity contribution in [1.82, 2.24) is 4.90 Å². The van der Waals surface area contributed by atoms with Crippen LogP contribution in [0.1, 0.15) is 12.5 Å². The van der Waals surface area contributed by atoms with Gasteiger partial charge in [0.2, 0.25) is 0 Å². The number of carbonyl (C=O) groups excluding carboxylic acids is 1. The lowest BCUT2D eigenvalue weighted by Crippen LogP contribution is -2.40. The monoisotopic (exact) mass is 336 g/mol. The number of benzene rings is 1. The van der Waals surface area contributed by atoms with Crippen LogP contribution in [0.3, 0.4) is 0 Å². The average Bonchev–Trinajstić information content (AvgIpc) is 2.37. The molecule has 0 aliphatic rings. The van der Waals surface area contributed by atoms with Crippen LogP contribution in [0.5, 0.6) is 0 Å². The average molecular weight is 336 g/mol. The smallest absolute Gasteiger partial charge is 0.324 e. The van der Waals surface area contributed by atoms with Crippen molar-refractivity contribution >= 4 is 22.5 Å². The fourth-order valence-corrected chi connectivity index (χ4v) is 2.70. The summed E-state index contributed by atoms with van der Waals surface area (Å²) in [5, 5.41) is 2.59. The molecule has 0 saturated carbocycles. The lowest BCUT2D eigenvalue weighted by atomic mass is 10.1. The van der Waals surface area contributed by atoms with Crippen LogP contribution in [0.2, 0.25) is 0 Å². The summed E-state index contributed by atoms with van der Waals surface area (Å²) < 4.78 is 47.9. The molecule has 0 spiro atoms. The first-order valence-corrected chi connectivity index (χ1v) is 8.30. The predicted molar refractivity (Wildman–Crippen MR) is 81.4 cm³/mol. The number of amides is 2. The molecular weight excluding hydrogens is 317 g/mol. The Morgan fingerprint density at radius 3 is 2.32 bits per heavy atom. The second-order valence-corrected chi connectivity index (χ2v) is 6.60. The highest BCUT2D eigenvalue weighted by molar-refractivity contribution is 7.84. The molecule has 1 rings (SSSR count). The van der Waals surface area contributed by atoms with Gasteiger partial charge in [-0.1, -0.05) is 12.1 Å². The molecule has 0 bridgehead atoms. The predicted octanol–water partition coefficient (Wildman–Crippen LogP) is 3.02. The Hall–Kier alpha value is -1.57. The summed E-state index contributed by atoms with van der Waals surface area (Å²) in [6.45, 7) is 1.77. The molecule has 1 aromatic rings. The summed E-state index contributed by atoms with van der Waals surface area (Å²) in [6.07, 6.45) is -3.70. The van der Waals surface area contributed by atoms with Crippen LogP contribution in [0.4, 0.5) is 23.7 Å². The third kappa shape index (κ3) is 6.46. The van der Waals surface area contributed by atoms with E-state index in [1.54, 1.807) is 20.2 Å². The summed E-state index contributed by atoms with van der Waals surface area (Å²) in [4.78, 5) is 13.4. The number of nitrogens with one attached hydrogen (secondary N) is 1. The molecule has 2 amide bonds. The van der Waals surface area contributed by atoms with Crippen LogP contribution in [0, 0.1) is 0 Å². The maximum atomic E-state index is 12.2. The van der Waals surface area contributed by atoms with Crippen molar-refractivity contribution in [2.75, 3.05) is 24.4 Å². The fourth-order valence-electron chi connectivity index (χ4n) is 1.80. The van der Waals surface area contributed by atoms with Gasteiger partial charge in [0.05, 0.1) is 6.42 Å². The first-order chi connectivity index (χ1) is 10.1. The molecule has 0 aromatic heterocycles. The van der Waals surface area contributed by atoms with Gasteiger partial charge < -0.3 is 10.2 Å². The quantitative estimate of drug-likeness (QED) is 0.898. The van der Waals surface area contributed by atoms with Gasteiger partial charge in [0, 0.05) is 41.6 Å². The number of anilines is 1. The van der Waals surface area contributed by atoms with Gasteiger partial charge in [-0.25, -0.2) is 4.79 Å². The minimum absolute atomic E-state index is 0.133. The van der Waals surface area contributed by atoms with E-state index in [9.17, 15) is 22.2 Å². The molecule has 0 radical (unpaired) electrons. The van der Waals surface area contributed by atoms with Gasteiger partial charge in [0.15, 0.2) is 0 Å². The largest absolute Gasteiger partial charge is 0.393 e. The van der Waals surface area contributed by atoms with Gasteiger partial charge in [0.1, 0.15) is 0 Å². The van der Waals surface area contributed by atoms with Gasteiger partial charge in [-0.2, -0.15) is 13.2 Å². The highest BCUT2D eigenvalue weighted by Gasteiger charge is 2.27. The SMILES string of the molecule is C[C@@H](C[S@](C)=O)N(C)C(=O)Nc1ccc(CC(F)(F)F)cc1. The number of rotatable bonds is 5. The van der Waals surface area contributed by atoms with Crippen molar-refractivity contribution in [1.29, 1.82) is 0 Å². The van der Waals surface area contributed by atoms with Gasteiger partial charge in [-0.05, 0) is 24.6 Å². The van der Waals surface area contributed by atoms with E-state index in [2.05, 4.69) is 5.32 Å². The van der Waals surface area contributed by atoms with E-state index < -0.39 is 29.4 Å². The minimum atomic E-state index is -4.25. The minimum Gasteiger partial charge on any atom is -0.324 e. The highest BCUT2D eigenvalue weighted by Crippen LogP contribution is 2.22. The molecule has 0 unspecified atom stereocenters. The Morgan fingerprint density at radius 1 is 1.32 bits per heavy atom. The number of halogens is 3. The van der Waals surface area contributed by atoms with Crippen LogP contribution in [-0.2, 0) is 17.2 Å². The normalized spacial score (nSPS) is 14.3. The summed E-state index contributed by atoms with van der Waals surface area (Å²) in [5.74, 6) is 0.356. The molecule has 8 heteroatoms. The summed E-state index contributed by atoms with van der Waals surface area (Å²) in [6, 6.07) is 4.89. The van der Waals surface area contributed by atoms with Crippen LogP contribution in [-0.4, -0.2) is 46.4 Å². The van der Waals surface area contributed by atoms with Gasteiger partial charge in [-0.3, -0.25) is 4.21 Å². The van der Waals surface area contributed by atoms with E-state index in [0.29, 0.717) is 11.4 Å². The third-order valence-electron chi connectivity index (χ3n) is 3.07. The van der Waals surface area contributed by atoms with Crippen LogP contribution >= 0.6 is 0 Å². The lowest BCUT2D eigenvalue weighted by molar-refractivity contribution is -0.127. The van der Waals surface area contributed by atoms with Gasteiger partial charge in [-0.15, -0.1) is 0 Å².